The summed E-state index contributed by atoms with van der Waals surface area (Å²) in [7, 11) is 0. The summed E-state index contributed by atoms with van der Waals surface area (Å²) >= 11 is 7.91. The summed E-state index contributed by atoms with van der Waals surface area (Å²) in [6.07, 6.45) is 2.11. The molecule has 0 spiro atoms. The van der Waals surface area contributed by atoms with Gasteiger partial charge in [-0.15, -0.1) is 11.3 Å². The first kappa shape index (κ1) is 17.5. The molecule has 1 fully saturated rings. The van der Waals surface area contributed by atoms with Crippen LogP contribution in [0.5, 0.6) is 0 Å². The molecule has 1 aliphatic rings. The predicted octanol–water partition coefficient (Wildman–Crippen LogP) is 4.95. The van der Waals surface area contributed by atoms with E-state index >= 15 is 0 Å². The summed E-state index contributed by atoms with van der Waals surface area (Å²) < 4.78 is 1.05. The second-order valence-corrected chi connectivity index (χ2v) is 8.20. The van der Waals surface area contributed by atoms with Crippen LogP contribution in [0.2, 0.25) is 5.02 Å². The molecule has 3 aromatic rings. The van der Waals surface area contributed by atoms with E-state index in [1.165, 1.54) is 16.9 Å². The second-order valence-electron chi connectivity index (χ2n) is 6.77. The maximum Gasteiger partial charge on any atom is 0.263 e. The molecule has 1 aliphatic heterocycles. The Bertz CT molecular complexity index is 909. The third-order valence-corrected chi connectivity index (χ3v) is 6.51. The molecule has 1 atom stereocenters. The Balaban J connectivity index is 1.42. The van der Waals surface area contributed by atoms with E-state index in [1.54, 1.807) is 0 Å². The van der Waals surface area contributed by atoms with Crippen molar-refractivity contribution in [3.63, 3.8) is 0 Å². The van der Waals surface area contributed by atoms with Crippen LogP contribution >= 0.6 is 22.9 Å². The number of thiophene rings is 1. The molecule has 1 unspecified atom stereocenters. The van der Waals surface area contributed by atoms with Gasteiger partial charge in [0, 0.05) is 29.2 Å². The van der Waals surface area contributed by atoms with E-state index in [2.05, 4.69) is 34.5 Å². The standard InChI is InChI=1S/C21H21ClN2OS/c22-19-17-10-4-5-11-18(17)26-20(19)21(25)23-16-9-6-12-24(14-16)13-15-7-2-1-3-8-15/h1-5,7-8,10-11,16H,6,9,12-14H2,(H,23,25). The highest BCUT2D eigenvalue weighted by atomic mass is 35.5. The second kappa shape index (κ2) is 7.78. The number of carbonyl (C=O) groups is 1. The van der Waals surface area contributed by atoms with Crippen LogP contribution in [0.15, 0.2) is 54.6 Å². The summed E-state index contributed by atoms with van der Waals surface area (Å²) in [4.78, 5) is 15.8. The van der Waals surface area contributed by atoms with Gasteiger partial charge in [0.15, 0.2) is 0 Å². The van der Waals surface area contributed by atoms with Gasteiger partial charge in [0.1, 0.15) is 4.88 Å². The SMILES string of the molecule is O=C(NC1CCCN(Cc2ccccc2)C1)c1sc2ccccc2c1Cl. The number of nitrogens with zero attached hydrogens (tertiary/aromatic N) is 1. The van der Waals surface area contributed by atoms with Crippen molar-refractivity contribution in [1.29, 1.82) is 0 Å². The summed E-state index contributed by atoms with van der Waals surface area (Å²) in [6, 6.07) is 18.5. The van der Waals surface area contributed by atoms with E-state index in [0.717, 1.165) is 42.6 Å². The molecule has 2 aromatic carbocycles. The number of amides is 1. The number of hydrogen-bond donors (Lipinski definition) is 1. The number of fused-ring (bicyclic) bond motifs is 1. The van der Waals surface area contributed by atoms with Crippen LogP contribution in [0.25, 0.3) is 10.1 Å². The number of carbonyl (C=O) groups excluding carboxylic acids is 1. The number of hydrogen-bond acceptors (Lipinski definition) is 3. The first-order valence-electron chi connectivity index (χ1n) is 8.95. The number of likely N-dealkylation sites (tertiary alicyclic amines) is 1. The first-order chi connectivity index (χ1) is 12.7. The average molecular weight is 385 g/mol. The molecular weight excluding hydrogens is 364 g/mol. The quantitative estimate of drug-likeness (QED) is 0.690. The molecule has 134 valence electrons. The van der Waals surface area contributed by atoms with Crippen molar-refractivity contribution < 1.29 is 4.79 Å². The zero-order chi connectivity index (χ0) is 17.9. The van der Waals surface area contributed by atoms with Crippen LogP contribution < -0.4 is 5.32 Å². The smallest absolute Gasteiger partial charge is 0.263 e. The molecule has 1 saturated heterocycles. The van der Waals surface area contributed by atoms with E-state index in [0.29, 0.717) is 9.90 Å². The largest absolute Gasteiger partial charge is 0.347 e. The van der Waals surface area contributed by atoms with Crippen LogP contribution in [0.3, 0.4) is 0 Å². The highest BCUT2D eigenvalue weighted by Gasteiger charge is 2.24. The molecule has 5 heteroatoms. The molecule has 1 aromatic heterocycles. The lowest BCUT2D eigenvalue weighted by molar-refractivity contribution is 0.0905. The summed E-state index contributed by atoms with van der Waals surface area (Å²) in [6.45, 7) is 2.88. The fourth-order valence-corrected chi connectivity index (χ4v) is 4.99. The molecule has 0 aliphatic carbocycles. The van der Waals surface area contributed by atoms with Gasteiger partial charge in [-0.2, -0.15) is 0 Å². The normalized spacial score (nSPS) is 18.1. The third kappa shape index (κ3) is 3.78. The van der Waals surface area contributed by atoms with E-state index < -0.39 is 0 Å². The van der Waals surface area contributed by atoms with Gasteiger partial charge in [-0.3, -0.25) is 9.69 Å². The average Bonchev–Trinajstić information content (AvgIpc) is 3.00. The number of piperidine rings is 1. The van der Waals surface area contributed by atoms with Gasteiger partial charge in [0.25, 0.3) is 5.91 Å². The van der Waals surface area contributed by atoms with Gasteiger partial charge in [-0.05, 0) is 31.0 Å². The monoisotopic (exact) mass is 384 g/mol. The van der Waals surface area contributed by atoms with Crippen LogP contribution in [-0.2, 0) is 6.54 Å². The summed E-state index contributed by atoms with van der Waals surface area (Å²) in [5, 5.41) is 4.72. The van der Waals surface area contributed by atoms with Gasteiger partial charge in [-0.25, -0.2) is 0 Å². The van der Waals surface area contributed by atoms with Crippen LogP contribution in [0, 0.1) is 0 Å². The Kier molecular flexibility index (Phi) is 5.25. The number of rotatable bonds is 4. The molecule has 1 amide bonds. The highest BCUT2D eigenvalue weighted by Crippen LogP contribution is 2.35. The van der Waals surface area contributed by atoms with Gasteiger partial charge in [0.2, 0.25) is 0 Å². The Labute approximate surface area is 162 Å². The lowest BCUT2D eigenvalue weighted by Crippen LogP contribution is -2.47. The fourth-order valence-electron chi connectivity index (χ4n) is 3.57. The molecule has 0 bridgehead atoms. The Hall–Kier alpha value is -1.88. The van der Waals surface area contributed by atoms with Crippen LogP contribution in [-0.4, -0.2) is 29.9 Å². The fraction of sp³-hybridized carbons (Fsp3) is 0.286. The summed E-state index contributed by atoms with van der Waals surface area (Å²) in [5.74, 6) is -0.0530. The first-order valence-corrected chi connectivity index (χ1v) is 10.1. The third-order valence-electron chi connectivity index (χ3n) is 4.83. The number of benzene rings is 2. The minimum atomic E-state index is -0.0530. The number of nitrogens with one attached hydrogen (secondary N) is 1. The van der Waals surface area contributed by atoms with E-state index in [9.17, 15) is 4.79 Å². The maximum atomic E-state index is 12.8. The van der Waals surface area contributed by atoms with Crippen LogP contribution in [0.1, 0.15) is 28.1 Å². The molecule has 3 nitrogen and oxygen atoms in total. The van der Waals surface area contributed by atoms with Crippen molar-refractivity contribution >= 4 is 38.9 Å². The van der Waals surface area contributed by atoms with E-state index in [-0.39, 0.29) is 11.9 Å². The lowest BCUT2D eigenvalue weighted by atomic mass is 10.0. The van der Waals surface area contributed by atoms with Gasteiger partial charge < -0.3 is 5.32 Å². The van der Waals surface area contributed by atoms with Crippen LogP contribution in [0.4, 0.5) is 0 Å². The Morgan fingerprint density at radius 1 is 1.15 bits per heavy atom. The minimum Gasteiger partial charge on any atom is -0.347 e. The molecule has 0 radical (unpaired) electrons. The van der Waals surface area contributed by atoms with Gasteiger partial charge in [-0.1, -0.05) is 60.1 Å². The Morgan fingerprint density at radius 3 is 2.73 bits per heavy atom. The van der Waals surface area contributed by atoms with Crippen molar-refractivity contribution in [2.45, 2.75) is 25.4 Å². The lowest BCUT2D eigenvalue weighted by Gasteiger charge is -2.33. The predicted molar refractivity (Wildman–Crippen MR) is 109 cm³/mol. The zero-order valence-electron chi connectivity index (χ0n) is 14.5. The van der Waals surface area contributed by atoms with Gasteiger partial charge in [0.05, 0.1) is 5.02 Å². The highest BCUT2D eigenvalue weighted by molar-refractivity contribution is 7.21. The molecule has 4 rings (SSSR count). The number of halogens is 1. The molecular formula is C21H21ClN2OS. The summed E-state index contributed by atoms with van der Waals surface area (Å²) in [5.41, 5.74) is 1.31. The van der Waals surface area contributed by atoms with Crippen molar-refractivity contribution in [2.75, 3.05) is 13.1 Å². The topological polar surface area (TPSA) is 32.3 Å². The van der Waals surface area contributed by atoms with Crippen molar-refractivity contribution in [1.82, 2.24) is 10.2 Å². The van der Waals surface area contributed by atoms with E-state index in [1.807, 2.05) is 30.3 Å². The van der Waals surface area contributed by atoms with Crippen molar-refractivity contribution in [3.8, 4) is 0 Å². The molecule has 26 heavy (non-hydrogen) atoms. The van der Waals surface area contributed by atoms with Crippen molar-refractivity contribution in [2.24, 2.45) is 0 Å². The molecule has 0 saturated carbocycles. The maximum absolute atomic E-state index is 12.8. The molecule has 2 heterocycles. The Morgan fingerprint density at radius 2 is 1.92 bits per heavy atom. The minimum absolute atomic E-state index is 0.0530. The molecule has 1 N–H and O–H groups in total. The van der Waals surface area contributed by atoms with Gasteiger partial charge >= 0.3 is 0 Å². The van der Waals surface area contributed by atoms with Crippen molar-refractivity contribution in [3.05, 3.63) is 70.1 Å². The zero-order valence-corrected chi connectivity index (χ0v) is 16.0. The van der Waals surface area contributed by atoms with E-state index in [4.69, 9.17) is 11.6 Å².